The molecule has 2 heterocycles. The molecule has 2 aromatic rings. The topological polar surface area (TPSA) is 80.1 Å². The van der Waals surface area contributed by atoms with Crippen molar-refractivity contribution in [2.24, 2.45) is 5.92 Å². The Morgan fingerprint density at radius 1 is 1.16 bits per heavy atom. The van der Waals surface area contributed by atoms with Crippen molar-refractivity contribution in [1.29, 1.82) is 0 Å². The number of rotatable bonds is 7. The summed E-state index contributed by atoms with van der Waals surface area (Å²) >= 11 is 0. The van der Waals surface area contributed by atoms with Crippen LogP contribution in [0.25, 0.3) is 0 Å². The van der Waals surface area contributed by atoms with E-state index in [0.717, 1.165) is 31.2 Å². The Balaban J connectivity index is 1.36. The second kappa shape index (κ2) is 9.11. The van der Waals surface area contributed by atoms with Crippen molar-refractivity contribution in [2.45, 2.75) is 63.6 Å². The number of carbonyl (C=O) groups excluding carboxylic acids is 2. The van der Waals surface area contributed by atoms with E-state index < -0.39 is 24.9 Å². The Labute approximate surface area is 179 Å². The van der Waals surface area contributed by atoms with Gasteiger partial charge in [0.1, 0.15) is 0 Å². The molecule has 4 rings (SSSR count). The van der Waals surface area contributed by atoms with Gasteiger partial charge in [0.2, 0.25) is 5.91 Å². The van der Waals surface area contributed by atoms with Gasteiger partial charge in [-0.25, -0.2) is 13.5 Å². The highest BCUT2D eigenvalue weighted by Crippen LogP contribution is 2.35. The maximum absolute atomic E-state index is 14.1. The summed E-state index contributed by atoms with van der Waals surface area (Å²) in [5, 5.41) is 10.6. The summed E-state index contributed by atoms with van der Waals surface area (Å²) in [5.74, 6) is -3.21. The van der Waals surface area contributed by atoms with Gasteiger partial charge in [0, 0.05) is 19.4 Å². The number of hydrogen-bond acceptors (Lipinski definition) is 4. The first-order chi connectivity index (χ1) is 14.9. The lowest BCUT2D eigenvalue weighted by molar-refractivity contribution is -0.134. The van der Waals surface area contributed by atoms with E-state index >= 15 is 0 Å². The van der Waals surface area contributed by atoms with Gasteiger partial charge >= 0.3 is 0 Å². The molecule has 1 N–H and O–H groups in total. The Morgan fingerprint density at radius 2 is 1.90 bits per heavy atom. The Morgan fingerprint density at radius 3 is 2.65 bits per heavy atom. The first-order valence-electron chi connectivity index (χ1n) is 10.8. The first-order valence-corrected chi connectivity index (χ1v) is 10.8. The summed E-state index contributed by atoms with van der Waals surface area (Å²) in [4.78, 5) is 26.3. The maximum Gasteiger partial charge on any atom is 0.273 e. The number of likely N-dealkylation sites (tertiary alicyclic amines) is 1. The van der Waals surface area contributed by atoms with E-state index in [1.807, 2.05) is 30.3 Å². The molecular formula is C22H27F2N5O2. The Bertz CT molecular complexity index is 912. The summed E-state index contributed by atoms with van der Waals surface area (Å²) in [6, 6.07) is 8.80. The molecule has 2 fully saturated rings. The van der Waals surface area contributed by atoms with E-state index in [9.17, 15) is 18.4 Å². The zero-order valence-corrected chi connectivity index (χ0v) is 17.3. The smallest absolute Gasteiger partial charge is 0.273 e. The summed E-state index contributed by atoms with van der Waals surface area (Å²) in [6.45, 7) is -0.113. The van der Waals surface area contributed by atoms with Crippen molar-refractivity contribution >= 4 is 11.8 Å². The van der Waals surface area contributed by atoms with Crippen LogP contribution in [0.5, 0.6) is 0 Å². The fourth-order valence-corrected chi connectivity index (χ4v) is 4.51. The monoisotopic (exact) mass is 431 g/mol. The van der Waals surface area contributed by atoms with E-state index in [1.165, 1.54) is 15.8 Å². The molecule has 1 aliphatic carbocycles. The molecule has 0 bridgehead atoms. The number of carbonyl (C=O) groups is 2. The molecule has 1 saturated heterocycles. The third kappa shape index (κ3) is 5.45. The predicted octanol–water partition coefficient (Wildman–Crippen LogP) is 3.02. The van der Waals surface area contributed by atoms with E-state index in [1.54, 1.807) is 0 Å². The lowest BCUT2D eigenvalue weighted by Crippen LogP contribution is -2.39. The average Bonchev–Trinajstić information content (AvgIpc) is 3.48. The highest BCUT2D eigenvalue weighted by atomic mass is 19.3. The summed E-state index contributed by atoms with van der Waals surface area (Å²) in [7, 11) is 0. The lowest BCUT2D eigenvalue weighted by atomic mass is 10.0. The zero-order valence-electron chi connectivity index (χ0n) is 17.3. The molecule has 1 aromatic carbocycles. The van der Waals surface area contributed by atoms with Crippen molar-refractivity contribution in [3.63, 3.8) is 0 Å². The van der Waals surface area contributed by atoms with Crippen LogP contribution in [0.4, 0.5) is 8.78 Å². The van der Waals surface area contributed by atoms with Gasteiger partial charge in [-0.3, -0.25) is 9.59 Å². The highest BCUT2D eigenvalue weighted by molar-refractivity contribution is 5.91. The van der Waals surface area contributed by atoms with Crippen LogP contribution in [0.1, 0.15) is 54.6 Å². The minimum atomic E-state index is -2.91. The first kappa shape index (κ1) is 21.4. The number of nitrogens with zero attached hydrogens (tertiary/aromatic N) is 4. The molecule has 1 atom stereocenters. The standard InChI is InChI=1S/C22H27F2N5O2/c23-22(24)11-18(29(15-22)20(30)10-16-6-4-5-7-16)13-28-14-19(26-27-28)21(31)25-12-17-8-2-1-3-9-17/h1-3,8-9,14,16,18H,4-7,10-13,15H2,(H,25,31)/t18-/m0/s1. The van der Waals surface area contributed by atoms with Crippen molar-refractivity contribution in [1.82, 2.24) is 25.2 Å². The maximum atomic E-state index is 14.1. The van der Waals surface area contributed by atoms with Crippen LogP contribution in [0, 0.1) is 5.92 Å². The van der Waals surface area contributed by atoms with E-state index in [4.69, 9.17) is 0 Å². The number of aromatic nitrogens is 3. The summed E-state index contributed by atoms with van der Waals surface area (Å²) in [6.07, 6.45) is 5.56. The van der Waals surface area contributed by atoms with Crippen LogP contribution in [0.3, 0.4) is 0 Å². The molecule has 31 heavy (non-hydrogen) atoms. The Hall–Kier alpha value is -2.84. The largest absolute Gasteiger partial charge is 0.347 e. The lowest BCUT2D eigenvalue weighted by Gasteiger charge is -2.25. The molecule has 1 saturated carbocycles. The molecule has 166 valence electrons. The van der Waals surface area contributed by atoms with E-state index in [2.05, 4.69) is 15.6 Å². The fraction of sp³-hybridized carbons (Fsp3) is 0.545. The molecule has 0 spiro atoms. The second-order valence-corrected chi connectivity index (χ2v) is 8.58. The number of hydrogen-bond donors (Lipinski definition) is 1. The number of amides is 2. The van der Waals surface area contributed by atoms with Gasteiger partial charge in [0.15, 0.2) is 5.69 Å². The average molecular weight is 431 g/mol. The molecule has 0 unspecified atom stereocenters. The van der Waals surface area contributed by atoms with Crippen molar-refractivity contribution in [3.05, 3.63) is 47.8 Å². The summed E-state index contributed by atoms with van der Waals surface area (Å²) < 4.78 is 29.6. The summed E-state index contributed by atoms with van der Waals surface area (Å²) in [5.41, 5.74) is 1.07. The van der Waals surface area contributed by atoms with Crippen molar-refractivity contribution < 1.29 is 18.4 Å². The van der Waals surface area contributed by atoms with Gasteiger partial charge in [0.05, 0.1) is 25.3 Å². The zero-order chi connectivity index (χ0) is 21.8. The Kier molecular flexibility index (Phi) is 6.29. The predicted molar refractivity (Wildman–Crippen MR) is 109 cm³/mol. The van der Waals surface area contributed by atoms with Crippen molar-refractivity contribution in [3.8, 4) is 0 Å². The molecular weight excluding hydrogens is 404 g/mol. The minimum absolute atomic E-state index is 0.0883. The van der Waals surface area contributed by atoms with Gasteiger partial charge in [-0.05, 0) is 24.3 Å². The molecule has 2 aliphatic rings. The molecule has 0 radical (unpaired) electrons. The molecule has 9 heteroatoms. The normalized spacial score (nSPS) is 20.8. The van der Waals surface area contributed by atoms with Crippen LogP contribution in [0.2, 0.25) is 0 Å². The van der Waals surface area contributed by atoms with Crippen LogP contribution >= 0.6 is 0 Å². The van der Waals surface area contributed by atoms with Gasteiger partial charge in [-0.2, -0.15) is 0 Å². The number of alkyl halides is 2. The fourth-order valence-electron chi connectivity index (χ4n) is 4.51. The van der Waals surface area contributed by atoms with Crippen LogP contribution in [-0.4, -0.2) is 50.2 Å². The molecule has 7 nitrogen and oxygen atoms in total. The third-order valence-electron chi connectivity index (χ3n) is 6.10. The third-order valence-corrected chi connectivity index (χ3v) is 6.10. The SMILES string of the molecule is O=C(NCc1ccccc1)c1cn(C[C@@H]2CC(F)(F)CN2C(=O)CC2CCCC2)nn1. The van der Waals surface area contributed by atoms with Gasteiger partial charge < -0.3 is 10.2 Å². The number of halogens is 2. The quantitative estimate of drug-likeness (QED) is 0.731. The highest BCUT2D eigenvalue weighted by Gasteiger charge is 2.47. The number of nitrogens with one attached hydrogen (secondary N) is 1. The van der Waals surface area contributed by atoms with Gasteiger partial charge in [-0.15, -0.1) is 5.10 Å². The van der Waals surface area contributed by atoms with Crippen LogP contribution in [-0.2, 0) is 17.9 Å². The van der Waals surface area contributed by atoms with E-state index in [-0.39, 0.29) is 24.1 Å². The molecule has 1 aromatic heterocycles. The number of benzene rings is 1. The van der Waals surface area contributed by atoms with E-state index in [0.29, 0.717) is 18.9 Å². The van der Waals surface area contributed by atoms with Gasteiger partial charge in [-0.1, -0.05) is 48.4 Å². The molecule has 1 aliphatic heterocycles. The van der Waals surface area contributed by atoms with Crippen LogP contribution in [0.15, 0.2) is 36.5 Å². The van der Waals surface area contributed by atoms with Gasteiger partial charge in [0.25, 0.3) is 11.8 Å². The molecule has 2 amide bonds. The van der Waals surface area contributed by atoms with Crippen molar-refractivity contribution in [2.75, 3.05) is 6.54 Å². The van der Waals surface area contributed by atoms with Crippen LogP contribution < -0.4 is 5.32 Å². The second-order valence-electron chi connectivity index (χ2n) is 8.58. The minimum Gasteiger partial charge on any atom is -0.347 e.